The maximum Gasteiger partial charge on any atom is 0.323 e. The topological polar surface area (TPSA) is 108 Å². The molecule has 0 bridgehead atoms. The van der Waals surface area contributed by atoms with Crippen LogP contribution >= 0.6 is 0 Å². The molecule has 0 spiro atoms. The minimum Gasteiger partial charge on any atom is -0.322 e. The number of rotatable bonds is 6. The lowest BCUT2D eigenvalue weighted by atomic mass is 10.1. The van der Waals surface area contributed by atoms with Crippen LogP contribution in [-0.2, 0) is 6.54 Å². The molecule has 1 aliphatic rings. The number of imide groups is 1. The SMILES string of the molecule is O=C(Nc1ccccc1)Nc1ccc(NC(=O)c2cccc(CN3C(=O)c4ccccc4C3=O)c2)cc1. The first-order chi connectivity index (χ1) is 18.0. The Labute approximate surface area is 212 Å². The van der Waals surface area contributed by atoms with Gasteiger partial charge in [0, 0.05) is 22.6 Å². The number of amides is 5. The number of para-hydroxylation sites is 1. The zero-order valence-corrected chi connectivity index (χ0v) is 19.6. The van der Waals surface area contributed by atoms with E-state index in [1.165, 1.54) is 4.90 Å². The highest BCUT2D eigenvalue weighted by Crippen LogP contribution is 2.24. The van der Waals surface area contributed by atoms with Crippen LogP contribution < -0.4 is 16.0 Å². The van der Waals surface area contributed by atoms with Crippen molar-refractivity contribution in [2.45, 2.75) is 6.54 Å². The fourth-order valence-electron chi connectivity index (χ4n) is 4.03. The molecule has 5 rings (SSSR count). The third kappa shape index (κ3) is 5.23. The number of carbonyl (C=O) groups excluding carboxylic acids is 4. The predicted octanol–water partition coefficient (Wildman–Crippen LogP) is 5.38. The predicted molar refractivity (Wildman–Crippen MR) is 141 cm³/mol. The summed E-state index contributed by atoms with van der Waals surface area (Å²) in [6.45, 7) is 0.0683. The van der Waals surface area contributed by atoms with Gasteiger partial charge in [-0.2, -0.15) is 0 Å². The Morgan fingerprint density at radius 1 is 0.595 bits per heavy atom. The third-order valence-corrected chi connectivity index (χ3v) is 5.84. The number of hydrogen-bond acceptors (Lipinski definition) is 4. The highest BCUT2D eigenvalue weighted by molar-refractivity contribution is 6.21. The van der Waals surface area contributed by atoms with Crippen molar-refractivity contribution >= 4 is 40.8 Å². The number of nitrogens with one attached hydrogen (secondary N) is 3. The molecule has 4 aromatic carbocycles. The molecule has 8 nitrogen and oxygen atoms in total. The lowest BCUT2D eigenvalue weighted by Gasteiger charge is -2.14. The van der Waals surface area contributed by atoms with Crippen molar-refractivity contribution in [1.29, 1.82) is 0 Å². The molecule has 3 N–H and O–H groups in total. The first-order valence-electron chi connectivity index (χ1n) is 11.6. The van der Waals surface area contributed by atoms with Crippen molar-refractivity contribution < 1.29 is 19.2 Å². The average molecular weight is 491 g/mol. The number of carbonyl (C=O) groups is 4. The van der Waals surface area contributed by atoms with Gasteiger partial charge in [0.15, 0.2) is 0 Å². The van der Waals surface area contributed by atoms with Gasteiger partial charge in [0.1, 0.15) is 0 Å². The molecule has 0 unspecified atom stereocenters. The average Bonchev–Trinajstić information content (AvgIpc) is 3.15. The van der Waals surface area contributed by atoms with E-state index in [1.807, 2.05) is 18.2 Å². The smallest absolute Gasteiger partial charge is 0.322 e. The van der Waals surface area contributed by atoms with Crippen LogP contribution in [0.25, 0.3) is 0 Å². The molecule has 0 saturated heterocycles. The van der Waals surface area contributed by atoms with E-state index in [0.717, 1.165) is 0 Å². The molecule has 0 aliphatic carbocycles. The summed E-state index contributed by atoms with van der Waals surface area (Å²) in [5.41, 5.74) is 3.60. The molecule has 0 fully saturated rings. The number of nitrogens with zero attached hydrogens (tertiary/aromatic N) is 1. The van der Waals surface area contributed by atoms with Gasteiger partial charge in [-0.15, -0.1) is 0 Å². The summed E-state index contributed by atoms with van der Waals surface area (Å²) in [5, 5.41) is 8.29. The Kier molecular flexibility index (Phi) is 6.46. The molecule has 4 aromatic rings. The number of hydrogen-bond donors (Lipinski definition) is 3. The van der Waals surface area contributed by atoms with E-state index in [-0.39, 0.29) is 30.3 Å². The summed E-state index contributed by atoms with van der Waals surface area (Å²) in [4.78, 5) is 51.5. The highest BCUT2D eigenvalue weighted by Gasteiger charge is 2.35. The van der Waals surface area contributed by atoms with E-state index in [4.69, 9.17) is 0 Å². The van der Waals surface area contributed by atoms with Crippen LogP contribution in [0.1, 0.15) is 36.6 Å². The van der Waals surface area contributed by atoms with Gasteiger partial charge < -0.3 is 16.0 Å². The monoisotopic (exact) mass is 490 g/mol. The van der Waals surface area contributed by atoms with E-state index >= 15 is 0 Å². The van der Waals surface area contributed by atoms with Crippen LogP contribution in [0.3, 0.4) is 0 Å². The molecule has 0 radical (unpaired) electrons. The molecular formula is C29H22N4O4. The minimum atomic E-state index is -0.377. The number of fused-ring (bicyclic) bond motifs is 1. The number of urea groups is 1. The van der Waals surface area contributed by atoms with Crippen molar-refractivity contribution in [3.63, 3.8) is 0 Å². The molecule has 0 aromatic heterocycles. The Balaban J connectivity index is 1.20. The largest absolute Gasteiger partial charge is 0.323 e. The van der Waals surface area contributed by atoms with E-state index < -0.39 is 0 Å². The zero-order chi connectivity index (χ0) is 25.8. The molecule has 5 amide bonds. The minimum absolute atomic E-state index is 0.0683. The molecular weight excluding hydrogens is 468 g/mol. The van der Waals surface area contributed by atoms with Gasteiger partial charge in [0.05, 0.1) is 17.7 Å². The van der Waals surface area contributed by atoms with E-state index in [0.29, 0.717) is 39.3 Å². The molecule has 8 heteroatoms. The lowest BCUT2D eigenvalue weighted by Crippen LogP contribution is -2.29. The standard InChI is InChI=1S/C29H22N4O4/c34-26(30-22-13-15-23(16-14-22)32-29(37)31-21-9-2-1-3-10-21)20-8-6-7-19(17-20)18-33-27(35)24-11-4-5-12-25(24)28(33)36/h1-17H,18H2,(H,30,34)(H2,31,32,37). The van der Waals surface area contributed by atoms with E-state index in [1.54, 1.807) is 84.9 Å². The summed E-state index contributed by atoms with van der Waals surface area (Å²) in [6.07, 6.45) is 0. The quantitative estimate of drug-likeness (QED) is 0.316. The van der Waals surface area contributed by atoms with Crippen molar-refractivity contribution in [2.24, 2.45) is 0 Å². The van der Waals surface area contributed by atoms with Gasteiger partial charge in [-0.1, -0.05) is 42.5 Å². The second kappa shape index (κ2) is 10.2. The van der Waals surface area contributed by atoms with Crippen molar-refractivity contribution in [1.82, 2.24) is 4.90 Å². The van der Waals surface area contributed by atoms with Crippen LogP contribution in [0.4, 0.5) is 21.9 Å². The summed E-state index contributed by atoms with van der Waals surface area (Å²) in [6, 6.07) is 28.9. The number of anilines is 3. The van der Waals surface area contributed by atoms with Crippen molar-refractivity contribution in [3.05, 3.63) is 125 Å². The summed E-state index contributed by atoms with van der Waals surface area (Å²) < 4.78 is 0. The van der Waals surface area contributed by atoms with Crippen LogP contribution in [0.5, 0.6) is 0 Å². The molecule has 0 atom stereocenters. The molecule has 1 aliphatic heterocycles. The molecule has 37 heavy (non-hydrogen) atoms. The fraction of sp³-hybridized carbons (Fsp3) is 0.0345. The second-order valence-corrected chi connectivity index (χ2v) is 8.42. The second-order valence-electron chi connectivity index (χ2n) is 8.42. The zero-order valence-electron chi connectivity index (χ0n) is 19.6. The molecule has 182 valence electrons. The maximum absolute atomic E-state index is 12.8. The van der Waals surface area contributed by atoms with Gasteiger partial charge in [-0.3, -0.25) is 19.3 Å². The summed E-state index contributed by atoms with van der Waals surface area (Å²) >= 11 is 0. The Morgan fingerprint density at radius 3 is 1.76 bits per heavy atom. The summed E-state index contributed by atoms with van der Waals surface area (Å²) in [7, 11) is 0. The molecule has 1 heterocycles. The Bertz CT molecular complexity index is 1470. The Morgan fingerprint density at radius 2 is 1.14 bits per heavy atom. The van der Waals surface area contributed by atoms with Crippen molar-refractivity contribution in [2.75, 3.05) is 16.0 Å². The van der Waals surface area contributed by atoms with Gasteiger partial charge in [0.2, 0.25) is 0 Å². The van der Waals surface area contributed by atoms with Crippen LogP contribution in [0.2, 0.25) is 0 Å². The Hall–Kier alpha value is -5.24. The van der Waals surface area contributed by atoms with Gasteiger partial charge >= 0.3 is 6.03 Å². The third-order valence-electron chi connectivity index (χ3n) is 5.84. The van der Waals surface area contributed by atoms with Crippen LogP contribution in [-0.4, -0.2) is 28.7 Å². The summed E-state index contributed by atoms with van der Waals surface area (Å²) in [5.74, 6) is -1.03. The number of benzene rings is 4. The normalized spacial score (nSPS) is 12.2. The first kappa shape index (κ1) is 23.5. The van der Waals surface area contributed by atoms with Gasteiger partial charge in [0.25, 0.3) is 17.7 Å². The van der Waals surface area contributed by atoms with Gasteiger partial charge in [-0.25, -0.2) is 4.79 Å². The van der Waals surface area contributed by atoms with Gasteiger partial charge in [-0.05, 0) is 66.2 Å². The van der Waals surface area contributed by atoms with E-state index in [9.17, 15) is 19.2 Å². The lowest BCUT2D eigenvalue weighted by molar-refractivity contribution is 0.0642. The first-order valence-corrected chi connectivity index (χ1v) is 11.6. The van der Waals surface area contributed by atoms with Crippen molar-refractivity contribution in [3.8, 4) is 0 Å². The van der Waals surface area contributed by atoms with Crippen LogP contribution in [0, 0.1) is 0 Å². The van der Waals surface area contributed by atoms with Crippen LogP contribution in [0.15, 0.2) is 103 Å². The molecule has 0 saturated carbocycles. The maximum atomic E-state index is 12.8. The van der Waals surface area contributed by atoms with E-state index in [2.05, 4.69) is 16.0 Å². The highest BCUT2D eigenvalue weighted by atomic mass is 16.2. The fourth-order valence-corrected chi connectivity index (χ4v) is 4.03.